The Kier molecular flexibility index (Phi) is 3.77. The van der Waals surface area contributed by atoms with Crippen molar-refractivity contribution < 1.29 is 9.21 Å². The van der Waals surface area contributed by atoms with Gasteiger partial charge in [0.25, 0.3) is 0 Å². The van der Waals surface area contributed by atoms with E-state index < -0.39 is 0 Å². The van der Waals surface area contributed by atoms with Crippen molar-refractivity contribution in [1.82, 2.24) is 10.2 Å². The molecule has 86 valence electrons. The van der Waals surface area contributed by atoms with Gasteiger partial charge >= 0.3 is 0 Å². The van der Waals surface area contributed by atoms with Gasteiger partial charge in [-0.25, -0.2) is 0 Å². The minimum atomic E-state index is 0.0556. The van der Waals surface area contributed by atoms with Crippen LogP contribution in [0.25, 0.3) is 6.08 Å². The summed E-state index contributed by atoms with van der Waals surface area (Å²) in [6.45, 7) is 3.47. The molecule has 1 aliphatic heterocycles. The Morgan fingerprint density at radius 3 is 3.19 bits per heavy atom. The quantitative estimate of drug-likeness (QED) is 0.759. The Morgan fingerprint density at radius 2 is 2.38 bits per heavy atom. The number of amides is 1. The van der Waals surface area contributed by atoms with Gasteiger partial charge in [0.1, 0.15) is 5.76 Å². The second-order valence-electron chi connectivity index (χ2n) is 3.78. The molecule has 0 saturated carbocycles. The molecule has 0 spiro atoms. The first-order valence-electron chi connectivity index (χ1n) is 5.57. The van der Waals surface area contributed by atoms with Gasteiger partial charge in [0.15, 0.2) is 0 Å². The van der Waals surface area contributed by atoms with E-state index in [0.717, 1.165) is 32.6 Å². The average molecular weight is 220 g/mol. The first-order chi connectivity index (χ1) is 7.86. The zero-order valence-electron chi connectivity index (χ0n) is 9.19. The van der Waals surface area contributed by atoms with Crippen LogP contribution in [0, 0.1) is 0 Å². The second kappa shape index (κ2) is 5.51. The van der Waals surface area contributed by atoms with Crippen molar-refractivity contribution >= 4 is 12.0 Å². The van der Waals surface area contributed by atoms with E-state index in [9.17, 15) is 4.79 Å². The van der Waals surface area contributed by atoms with Crippen LogP contribution in [0.5, 0.6) is 0 Å². The normalized spacial score (nSPS) is 17.6. The number of nitrogens with zero attached hydrogens (tertiary/aromatic N) is 1. The highest BCUT2D eigenvalue weighted by atomic mass is 16.3. The van der Waals surface area contributed by atoms with Gasteiger partial charge in [0, 0.05) is 25.7 Å². The monoisotopic (exact) mass is 220 g/mol. The third kappa shape index (κ3) is 2.97. The fourth-order valence-corrected chi connectivity index (χ4v) is 1.71. The lowest BCUT2D eigenvalue weighted by molar-refractivity contribution is -0.125. The first-order valence-corrected chi connectivity index (χ1v) is 5.57. The maximum Gasteiger partial charge on any atom is 0.246 e. The van der Waals surface area contributed by atoms with E-state index in [1.807, 2.05) is 11.0 Å². The van der Waals surface area contributed by atoms with Gasteiger partial charge in [0.05, 0.1) is 6.26 Å². The Hall–Kier alpha value is -1.55. The summed E-state index contributed by atoms with van der Waals surface area (Å²) < 4.78 is 5.13. The van der Waals surface area contributed by atoms with Gasteiger partial charge in [0.2, 0.25) is 5.91 Å². The van der Waals surface area contributed by atoms with E-state index in [1.165, 1.54) is 0 Å². The molecule has 4 nitrogen and oxygen atoms in total. The van der Waals surface area contributed by atoms with E-state index in [1.54, 1.807) is 24.5 Å². The van der Waals surface area contributed by atoms with Gasteiger partial charge in [-0.1, -0.05) is 0 Å². The van der Waals surface area contributed by atoms with Crippen LogP contribution in [0.2, 0.25) is 0 Å². The van der Waals surface area contributed by atoms with Crippen molar-refractivity contribution in [3.05, 3.63) is 30.2 Å². The predicted molar refractivity (Wildman–Crippen MR) is 61.8 cm³/mol. The molecule has 16 heavy (non-hydrogen) atoms. The molecule has 0 atom stereocenters. The van der Waals surface area contributed by atoms with Crippen LogP contribution in [0.1, 0.15) is 12.2 Å². The highest BCUT2D eigenvalue weighted by Gasteiger charge is 2.12. The Bertz CT molecular complexity index is 349. The van der Waals surface area contributed by atoms with Crippen LogP contribution in [-0.4, -0.2) is 37.0 Å². The molecule has 1 aliphatic rings. The van der Waals surface area contributed by atoms with Crippen molar-refractivity contribution in [3.8, 4) is 0 Å². The Morgan fingerprint density at radius 1 is 1.44 bits per heavy atom. The van der Waals surface area contributed by atoms with Crippen molar-refractivity contribution in [2.45, 2.75) is 6.42 Å². The summed E-state index contributed by atoms with van der Waals surface area (Å²) >= 11 is 0. The zero-order chi connectivity index (χ0) is 11.2. The topological polar surface area (TPSA) is 45.5 Å². The van der Waals surface area contributed by atoms with E-state index in [2.05, 4.69) is 5.32 Å². The molecule has 1 saturated heterocycles. The zero-order valence-corrected chi connectivity index (χ0v) is 9.19. The van der Waals surface area contributed by atoms with Crippen LogP contribution in [0.3, 0.4) is 0 Å². The molecule has 1 aromatic rings. The summed E-state index contributed by atoms with van der Waals surface area (Å²) in [5.74, 6) is 0.765. The number of rotatable bonds is 2. The lowest BCUT2D eigenvalue weighted by Crippen LogP contribution is -2.32. The summed E-state index contributed by atoms with van der Waals surface area (Å²) in [7, 11) is 0. The van der Waals surface area contributed by atoms with E-state index in [0.29, 0.717) is 5.76 Å². The van der Waals surface area contributed by atoms with Gasteiger partial charge < -0.3 is 14.6 Å². The molecule has 1 N–H and O–H groups in total. The van der Waals surface area contributed by atoms with E-state index in [4.69, 9.17) is 4.42 Å². The second-order valence-corrected chi connectivity index (χ2v) is 3.78. The molecule has 2 heterocycles. The van der Waals surface area contributed by atoms with Crippen molar-refractivity contribution in [3.63, 3.8) is 0 Å². The number of furan rings is 1. The molecule has 0 aliphatic carbocycles. The minimum absolute atomic E-state index is 0.0556. The van der Waals surface area contributed by atoms with Gasteiger partial charge in [-0.05, 0) is 31.2 Å². The molecule has 1 amide bonds. The number of nitrogens with one attached hydrogen (secondary N) is 1. The van der Waals surface area contributed by atoms with Crippen LogP contribution >= 0.6 is 0 Å². The molecule has 2 rings (SSSR count). The molecule has 1 fully saturated rings. The lowest BCUT2D eigenvalue weighted by atomic mass is 10.3. The van der Waals surface area contributed by atoms with Crippen molar-refractivity contribution in [1.29, 1.82) is 0 Å². The molecule has 0 aromatic carbocycles. The Labute approximate surface area is 94.9 Å². The van der Waals surface area contributed by atoms with Crippen LogP contribution in [0.15, 0.2) is 28.9 Å². The molecular formula is C12H16N2O2. The van der Waals surface area contributed by atoms with Crippen molar-refractivity contribution in [2.75, 3.05) is 26.2 Å². The third-order valence-corrected chi connectivity index (χ3v) is 2.59. The van der Waals surface area contributed by atoms with E-state index >= 15 is 0 Å². The molecule has 0 radical (unpaired) electrons. The maximum atomic E-state index is 11.8. The van der Waals surface area contributed by atoms with Gasteiger partial charge in [-0.15, -0.1) is 0 Å². The number of carbonyl (C=O) groups is 1. The van der Waals surface area contributed by atoms with Crippen LogP contribution in [-0.2, 0) is 4.79 Å². The van der Waals surface area contributed by atoms with E-state index in [-0.39, 0.29) is 5.91 Å². The maximum absolute atomic E-state index is 11.8. The third-order valence-electron chi connectivity index (χ3n) is 2.59. The van der Waals surface area contributed by atoms with Gasteiger partial charge in [-0.2, -0.15) is 0 Å². The molecular weight excluding hydrogens is 204 g/mol. The SMILES string of the molecule is O=C(/C=C/c1ccco1)N1CCCNCC1. The highest BCUT2D eigenvalue weighted by Crippen LogP contribution is 2.04. The predicted octanol–water partition coefficient (Wildman–Crippen LogP) is 1.11. The average Bonchev–Trinajstić information content (AvgIpc) is 2.66. The largest absolute Gasteiger partial charge is 0.465 e. The Balaban J connectivity index is 1.91. The standard InChI is InChI=1S/C12H16N2O2/c15-12(5-4-11-3-1-10-16-11)14-8-2-6-13-7-9-14/h1,3-5,10,13H,2,6-9H2/b5-4+. The van der Waals surface area contributed by atoms with Crippen molar-refractivity contribution in [2.24, 2.45) is 0 Å². The molecule has 0 unspecified atom stereocenters. The lowest BCUT2D eigenvalue weighted by Gasteiger charge is -2.17. The van der Waals surface area contributed by atoms with Gasteiger partial charge in [-0.3, -0.25) is 4.79 Å². The molecule has 0 bridgehead atoms. The summed E-state index contributed by atoms with van der Waals surface area (Å²) in [6, 6.07) is 3.63. The summed E-state index contributed by atoms with van der Waals surface area (Å²) in [6.07, 6.45) is 5.89. The summed E-state index contributed by atoms with van der Waals surface area (Å²) in [5.41, 5.74) is 0. The summed E-state index contributed by atoms with van der Waals surface area (Å²) in [5, 5.41) is 3.27. The molecule has 4 heteroatoms. The fraction of sp³-hybridized carbons (Fsp3) is 0.417. The first kappa shape index (κ1) is 11.0. The fourth-order valence-electron chi connectivity index (χ4n) is 1.71. The smallest absolute Gasteiger partial charge is 0.246 e. The van der Waals surface area contributed by atoms with Crippen LogP contribution < -0.4 is 5.32 Å². The molecule has 1 aromatic heterocycles. The van der Waals surface area contributed by atoms with Crippen LogP contribution in [0.4, 0.5) is 0 Å². The number of hydrogen-bond donors (Lipinski definition) is 1. The summed E-state index contributed by atoms with van der Waals surface area (Å²) in [4.78, 5) is 13.7. The highest BCUT2D eigenvalue weighted by molar-refractivity contribution is 5.91. The number of carbonyl (C=O) groups excluding carboxylic acids is 1. The minimum Gasteiger partial charge on any atom is -0.465 e. The number of hydrogen-bond acceptors (Lipinski definition) is 3.